The number of halogens is 2. The Morgan fingerprint density at radius 2 is 2.25 bits per heavy atom. The Labute approximate surface area is 83.1 Å². The maximum Gasteiger partial charge on any atom is 0.179 e. The van der Waals surface area contributed by atoms with Gasteiger partial charge < -0.3 is 4.74 Å². The molecular weight excluding hydrogens is 272 g/mol. The van der Waals surface area contributed by atoms with Crippen LogP contribution >= 0.6 is 22.6 Å². The molecule has 1 rings (SSSR count). The van der Waals surface area contributed by atoms with Gasteiger partial charge in [-0.25, -0.2) is 4.39 Å². The monoisotopic (exact) mass is 277 g/mol. The molecule has 0 saturated carbocycles. The molecule has 1 aromatic carbocycles. The fourth-order valence-corrected chi connectivity index (χ4v) is 1.24. The summed E-state index contributed by atoms with van der Waals surface area (Å²) in [5, 5.41) is 8.57. The number of hydrogen-bond donors (Lipinski definition) is 0. The van der Waals surface area contributed by atoms with Gasteiger partial charge in [-0.2, -0.15) is 5.26 Å². The fraction of sp³-hybridized carbons (Fsp3) is 0.125. The highest BCUT2D eigenvalue weighted by Crippen LogP contribution is 2.25. The van der Waals surface area contributed by atoms with E-state index in [1.807, 2.05) is 28.7 Å². The van der Waals surface area contributed by atoms with Crippen LogP contribution in [-0.4, -0.2) is 7.11 Å². The van der Waals surface area contributed by atoms with Crippen LogP contribution in [0.25, 0.3) is 0 Å². The molecule has 0 amide bonds. The highest BCUT2D eigenvalue weighted by Gasteiger charge is 2.11. The van der Waals surface area contributed by atoms with Crippen LogP contribution in [0.15, 0.2) is 12.1 Å². The van der Waals surface area contributed by atoms with Gasteiger partial charge in [-0.15, -0.1) is 0 Å². The van der Waals surface area contributed by atoms with E-state index in [1.165, 1.54) is 19.2 Å². The molecule has 0 radical (unpaired) electrons. The standard InChI is InChI=1S/C8H5FINO/c1-12-8-5(4-11)2-3-6(10)7(8)9/h2-3H,1H3. The average Bonchev–Trinajstić information content (AvgIpc) is 2.09. The second kappa shape index (κ2) is 3.72. The van der Waals surface area contributed by atoms with Crippen LogP contribution in [-0.2, 0) is 0 Å². The third-order valence-electron chi connectivity index (χ3n) is 1.37. The van der Waals surface area contributed by atoms with E-state index in [1.54, 1.807) is 0 Å². The van der Waals surface area contributed by atoms with Gasteiger partial charge in [0.05, 0.1) is 16.2 Å². The summed E-state index contributed by atoms with van der Waals surface area (Å²) >= 11 is 1.84. The van der Waals surface area contributed by atoms with Crippen LogP contribution < -0.4 is 4.74 Å². The zero-order valence-corrected chi connectivity index (χ0v) is 8.42. The number of hydrogen-bond acceptors (Lipinski definition) is 2. The van der Waals surface area contributed by atoms with Gasteiger partial charge in [0.15, 0.2) is 11.6 Å². The van der Waals surface area contributed by atoms with Crippen LogP contribution in [0.5, 0.6) is 5.75 Å². The van der Waals surface area contributed by atoms with E-state index < -0.39 is 5.82 Å². The van der Waals surface area contributed by atoms with Gasteiger partial charge in [0.2, 0.25) is 0 Å². The lowest BCUT2D eigenvalue weighted by Crippen LogP contribution is -1.94. The summed E-state index contributed by atoms with van der Waals surface area (Å²) in [6.45, 7) is 0. The maximum absolute atomic E-state index is 13.2. The summed E-state index contributed by atoms with van der Waals surface area (Å²) in [6.07, 6.45) is 0. The SMILES string of the molecule is COc1c(C#N)ccc(I)c1F. The molecule has 0 atom stereocenters. The summed E-state index contributed by atoms with van der Waals surface area (Å²) in [5.74, 6) is -0.457. The van der Waals surface area contributed by atoms with E-state index >= 15 is 0 Å². The minimum atomic E-state index is -0.475. The summed E-state index contributed by atoms with van der Waals surface area (Å²) in [7, 11) is 1.34. The Kier molecular flexibility index (Phi) is 2.87. The summed E-state index contributed by atoms with van der Waals surface area (Å²) < 4.78 is 18.4. The van der Waals surface area contributed by atoms with Crippen molar-refractivity contribution in [3.05, 3.63) is 27.1 Å². The quantitative estimate of drug-likeness (QED) is 0.738. The molecule has 0 fully saturated rings. The second-order valence-electron chi connectivity index (χ2n) is 2.05. The molecule has 0 aliphatic carbocycles. The van der Waals surface area contributed by atoms with Crippen molar-refractivity contribution in [2.45, 2.75) is 0 Å². The van der Waals surface area contributed by atoms with E-state index in [4.69, 9.17) is 10.00 Å². The van der Waals surface area contributed by atoms with Crippen molar-refractivity contribution < 1.29 is 9.13 Å². The molecule has 12 heavy (non-hydrogen) atoms. The predicted octanol–water partition coefficient (Wildman–Crippen LogP) is 2.31. The lowest BCUT2D eigenvalue weighted by Gasteiger charge is -2.04. The minimum Gasteiger partial charge on any atom is -0.492 e. The third-order valence-corrected chi connectivity index (χ3v) is 2.21. The van der Waals surface area contributed by atoms with Gasteiger partial charge >= 0.3 is 0 Å². The first kappa shape index (κ1) is 9.26. The Morgan fingerprint density at radius 3 is 2.75 bits per heavy atom. The van der Waals surface area contributed by atoms with Gasteiger partial charge in [0.1, 0.15) is 6.07 Å². The smallest absolute Gasteiger partial charge is 0.179 e. The second-order valence-corrected chi connectivity index (χ2v) is 3.22. The van der Waals surface area contributed by atoms with Crippen LogP contribution in [0, 0.1) is 20.7 Å². The molecule has 0 aliphatic heterocycles. The van der Waals surface area contributed by atoms with Crippen LogP contribution in [0.3, 0.4) is 0 Å². The number of nitrogens with zero attached hydrogens (tertiary/aromatic N) is 1. The first-order valence-corrected chi connectivity index (χ1v) is 4.20. The van der Waals surface area contributed by atoms with E-state index in [2.05, 4.69) is 0 Å². The Bertz CT molecular complexity index is 346. The van der Waals surface area contributed by atoms with E-state index in [9.17, 15) is 4.39 Å². The number of methoxy groups -OCH3 is 1. The van der Waals surface area contributed by atoms with E-state index in [-0.39, 0.29) is 11.3 Å². The average molecular weight is 277 g/mol. The zero-order chi connectivity index (χ0) is 9.14. The van der Waals surface area contributed by atoms with Gasteiger partial charge in [-0.05, 0) is 34.7 Å². The van der Waals surface area contributed by atoms with Gasteiger partial charge in [-0.3, -0.25) is 0 Å². The van der Waals surface area contributed by atoms with E-state index in [0.717, 1.165) is 0 Å². The molecule has 0 spiro atoms. The van der Waals surface area contributed by atoms with Crippen LogP contribution in [0.4, 0.5) is 4.39 Å². The zero-order valence-electron chi connectivity index (χ0n) is 6.27. The lowest BCUT2D eigenvalue weighted by atomic mass is 10.2. The molecular formula is C8H5FINO. The van der Waals surface area contributed by atoms with Crippen molar-refractivity contribution >= 4 is 22.6 Å². The minimum absolute atomic E-state index is 0.0180. The lowest BCUT2D eigenvalue weighted by molar-refractivity contribution is 0.384. The molecule has 1 aromatic rings. The van der Waals surface area contributed by atoms with Crippen LogP contribution in [0.1, 0.15) is 5.56 Å². The highest BCUT2D eigenvalue weighted by molar-refractivity contribution is 14.1. The highest BCUT2D eigenvalue weighted by atomic mass is 127. The van der Waals surface area contributed by atoms with Gasteiger partial charge in [0.25, 0.3) is 0 Å². The van der Waals surface area contributed by atoms with Crippen LogP contribution in [0.2, 0.25) is 0 Å². The Morgan fingerprint density at radius 1 is 1.58 bits per heavy atom. The fourth-order valence-electron chi connectivity index (χ4n) is 0.820. The number of rotatable bonds is 1. The summed E-state index contributed by atoms with van der Waals surface area (Å²) in [5.41, 5.74) is 0.218. The first-order valence-electron chi connectivity index (χ1n) is 3.12. The molecule has 0 saturated heterocycles. The first-order chi connectivity index (χ1) is 5.70. The van der Waals surface area contributed by atoms with Crippen molar-refractivity contribution in [1.82, 2.24) is 0 Å². The van der Waals surface area contributed by atoms with Gasteiger partial charge in [-0.1, -0.05) is 0 Å². The number of ether oxygens (including phenoxy) is 1. The third kappa shape index (κ3) is 1.50. The molecule has 0 aliphatic rings. The molecule has 62 valence electrons. The van der Waals surface area contributed by atoms with Gasteiger partial charge in [0, 0.05) is 0 Å². The predicted molar refractivity (Wildman–Crippen MR) is 50.4 cm³/mol. The summed E-state index contributed by atoms with van der Waals surface area (Å²) in [6, 6.07) is 4.92. The van der Waals surface area contributed by atoms with E-state index in [0.29, 0.717) is 3.57 Å². The molecule has 0 unspecified atom stereocenters. The molecule has 0 bridgehead atoms. The Balaban J connectivity index is 3.38. The Hall–Kier alpha value is -0.830. The largest absolute Gasteiger partial charge is 0.492 e. The van der Waals surface area contributed by atoms with Crippen molar-refractivity contribution in [3.63, 3.8) is 0 Å². The summed E-state index contributed by atoms with van der Waals surface area (Å²) in [4.78, 5) is 0. The maximum atomic E-state index is 13.2. The van der Waals surface area contributed by atoms with Crippen molar-refractivity contribution in [2.24, 2.45) is 0 Å². The normalized spacial score (nSPS) is 9.17. The number of benzene rings is 1. The molecule has 0 N–H and O–H groups in total. The molecule has 0 heterocycles. The van der Waals surface area contributed by atoms with Crippen molar-refractivity contribution in [1.29, 1.82) is 5.26 Å². The molecule has 4 heteroatoms. The number of nitriles is 1. The molecule has 0 aromatic heterocycles. The topological polar surface area (TPSA) is 33.0 Å². The van der Waals surface area contributed by atoms with Crippen molar-refractivity contribution in [2.75, 3.05) is 7.11 Å². The molecule has 2 nitrogen and oxygen atoms in total. The van der Waals surface area contributed by atoms with Crippen molar-refractivity contribution in [3.8, 4) is 11.8 Å².